The van der Waals surface area contributed by atoms with Crippen molar-refractivity contribution in [3.63, 3.8) is 0 Å². The van der Waals surface area contributed by atoms with Crippen molar-refractivity contribution in [1.29, 1.82) is 0 Å². The van der Waals surface area contributed by atoms with Crippen LogP contribution in [0.15, 0.2) is 59.9 Å². The predicted molar refractivity (Wildman–Crippen MR) is 107 cm³/mol. The van der Waals surface area contributed by atoms with Crippen LogP contribution in [-0.2, 0) is 4.84 Å². The molecule has 138 valence electrons. The van der Waals surface area contributed by atoms with Gasteiger partial charge in [-0.3, -0.25) is 4.90 Å². The zero-order chi connectivity index (χ0) is 18.0. The molecule has 0 spiro atoms. The lowest BCUT2D eigenvalue weighted by Crippen LogP contribution is -2.47. The number of nitrogens with zero attached hydrogens (tertiary/aromatic N) is 4. The fraction of sp³-hybridized carbons (Fsp3) is 0.429. The molecular formula is C21H28N4O. The normalized spacial score (nSPS) is 15.9. The highest BCUT2D eigenvalue weighted by atomic mass is 16.6. The van der Waals surface area contributed by atoms with Gasteiger partial charge in [-0.2, -0.15) is 0 Å². The summed E-state index contributed by atoms with van der Waals surface area (Å²) in [6.07, 6.45) is 3.74. The van der Waals surface area contributed by atoms with Gasteiger partial charge in [-0.05, 0) is 24.1 Å². The highest BCUT2D eigenvalue weighted by Gasteiger charge is 2.18. The minimum absolute atomic E-state index is 0.666. The van der Waals surface area contributed by atoms with E-state index in [0.717, 1.165) is 62.7 Å². The van der Waals surface area contributed by atoms with E-state index in [1.807, 2.05) is 24.4 Å². The van der Waals surface area contributed by atoms with Crippen LogP contribution in [0.5, 0.6) is 0 Å². The molecule has 1 saturated heterocycles. The summed E-state index contributed by atoms with van der Waals surface area (Å²) in [4.78, 5) is 14.8. The van der Waals surface area contributed by atoms with Crippen molar-refractivity contribution in [2.75, 3.05) is 44.2 Å². The summed E-state index contributed by atoms with van der Waals surface area (Å²) < 4.78 is 0. The van der Waals surface area contributed by atoms with Crippen LogP contribution in [0.4, 0.5) is 5.82 Å². The second kappa shape index (κ2) is 9.92. The maximum Gasteiger partial charge on any atom is 0.128 e. The number of hydrogen-bond donors (Lipinski definition) is 0. The zero-order valence-electron chi connectivity index (χ0n) is 15.6. The minimum Gasteiger partial charge on any atom is -0.396 e. The van der Waals surface area contributed by atoms with E-state index in [1.54, 1.807) is 0 Å². The molecule has 2 heterocycles. The van der Waals surface area contributed by atoms with Crippen LogP contribution in [-0.4, -0.2) is 54.9 Å². The molecule has 0 atom stereocenters. The van der Waals surface area contributed by atoms with Gasteiger partial charge in [-0.15, -0.1) is 0 Å². The van der Waals surface area contributed by atoms with Gasteiger partial charge in [0.15, 0.2) is 0 Å². The van der Waals surface area contributed by atoms with Crippen LogP contribution >= 0.6 is 0 Å². The number of hydrogen-bond acceptors (Lipinski definition) is 5. The molecule has 1 aliphatic heterocycles. The molecule has 0 saturated carbocycles. The SMILES string of the molecule is CCCO/N=C(/CCN1CCN(c2ccccn2)CC1)c1ccccc1. The second-order valence-corrected chi connectivity index (χ2v) is 6.50. The van der Waals surface area contributed by atoms with E-state index in [2.05, 4.69) is 57.2 Å². The maximum atomic E-state index is 5.47. The number of piperazine rings is 1. The van der Waals surface area contributed by atoms with Crippen molar-refractivity contribution >= 4 is 11.5 Å². The predicted octanol–water partition coefficient (Wildman–Crippen LogP) is 3.42. The van der Waals surface area contributed by atoms with Gasteiger partial charge in [0.2, 0.25) is 0 Å². The van der Waals surface area contributed by atoms with Gasteiger partial charge in [0.05, 0.1) is 5.71 Å². The average molecular weight is 352 g/mol. The summed E-state index contributed by atoms with van der Waals surface area (Å²) in [5.74, 6) is 1.08. The van der Waals surface area contributed by atoms with Gasteiger partial charge >= 0.3 is 0 Å². The summed E-state index contributed by atoms with van der Waals surface area (Å²) in [6, 6.07) is 16.4. The molecule has 0 N–H and O–H groups in total. The van der Waals surface area contributed by atoms with Crippen LogP contribution in [0, 0.1) is 0 Å². The lowest BCUT2D eigenvalue weighted by Gasteiger charge is -2.35. The van der Waals surface area contributed by atoms with Crippen molar-refractivity contribution in [1.82, 2.24) is 9.88 Å². The van der Waals surface area contributed by atoms with Crippen LogP contribution in [0.25, 0.3) is 0 Å². The molecule has 0 aliphatic carbocycles. The third-order valence-electron chi connectivity index (χ3n) is 4.59. The van der Waals surface area contributed by atoms with E-state index >= 15 is 0 Å². The smallest absolute Gasteiger partial charge is 0.128 e. The first-order valence-electron chi connectivity index (χ1n) is 9.49. The zero-order valence-corrected chi connectivity index (χ0v) is 15.6. The van der Waals surface area contributed by atoms with Crippen molar-refractivity contribution in [3.8, 4) is 0 Å². The quantitative estimate of drug-likeness (QED) is 0.415. The van der Waals surface area contributed by atoms with Gasteiger partial charge in [0.25, 0.3) is 0 Å². The molecule has 0 bridgehead atoms. The average Bonchev–Trinajstić information content (AvgIpc) is 2.72. The molecule has 26 heavy (non-hydrogen) atoms. The van der Waals surface area contributed by atoms with Gasteiger partial charge in [0, 0.05) is 45.3 Å². The number of benzene rings is 1. The Kier molecular flexibility index (Phi) is 7.02. The fourth-order valence-electron chi connectivity index (χ4n) is 3.09. The Morgan fingerprint density at radius 1 is 1.04 bits per heavy atom. The Hall–Kier alpha value is -2.40. The summed E-state index contributed by atoms with van der Waals surface area (Å²) in [5, 5.41) is 4.40. The number of anilines is 1. The number of aromatic nitrogens is 1. The fourth-order valence-corrected chi connectivity index (χ4v) is 3.09. The third-order valence-corrected chi connectivity index (χ3v) is 4.59. The molecule has 5 nitrogen and oxygen atoms in total. The Balaban J connectivity index is 1.52. The van der Waals surface area contributed by atoms with E-state index in [-0.39, 0.29) is 0 Å². The highest BCUT2D eigenvalue weighted by molar-refractivity contribution is 6.00. The standard InChI is InChI=1S/C21H28N4O/c1-2-18-26-23-20(19-8-4-3-5-9-19)11-13-24-14-16-25(17-15-24)21-10-6-7-12-22-21/h3-10,12H,2,11,13-18H2,1H3/b23-20-. The molecule has 1 fully saturated rings. The molecule has 0 unspecified atom stereocenters. The molecule has 1 aromatic carbocycles. The third kappa shape index (κ3) is 5.30. The van der Waals surface area contributed by atoms with Gasteiger partial charge in [0.1, 0.15) is 12.4 Å². The molecule has 1 aliphatic rings. The topological polar surface area (TPSA) is 41.0 Å². The summed E-state index contributed by atoms with van der Waals surface area (Å²) in [6.45, 7) is 7.89. The Morgan fingerprint density at radius 3 is 2.50 bits per heavy atom. The maximum absolute atomic E-state index is 5.47. The molecule has 0 radical (unpaired) electrons. The van der Waals surface area contributed by atoms with Crippen LogP contribution in [0.1, 0.15) is 25.3 Å². The molecule has 3 rings (SSSR count). The molecule has 5 heteroatoms. The number of pyridine rings is 1. The van der Waals surface area contributed by atoms with Crippen LogP contribution in [0.2, 0.25) is 0 Å². The second-order valence-electron chi connectivity index (χ2n) is 6.50. The van der Waals surface area contributed by atoms with E-state index < -0.39 is 0 Å². The van der Waals surface area contributed by atoms with Crippen molar-refractivity contribution in [3.05, 3.63) is 60.3 Å². The van der Waals surface area contributed by atoms with Crippen molar-refractivity contribution in [2.45, 2.75) is 19.8 Å². The monoisotopic (exact) mass is 352 g/mol. The Morgan fingerprint density at radius 2 is 1.81 bits per heavy atom. The van der Waals surface area contributed by atoms with Gasteiger partial charge in [-0.25, -0.2) is 4.98 Å². The van der Waals surface area contributed by atoms with Crippen LogP contribution < -0.4 is 4.90 Å². The summed E-state index contributed by atoms with van der Waals surface area (Å²) in [7, 11) is 0. The molecular weight excluding hydrogens is 324 g/mol. The molecule has 1 aromatic heterocycles. The van der Waals surface area contributed by atoms with E-state index in [1.165, 1.54) is 0 Å². The first-order chi connectivity index (χ1) is 12.9. The largest absolute Gasteiger partial charge is 0.396 e. The number of rotatable bonds is 8. The summed E-state index contributed by atoms with van der Waals surface area (Å²) in [5.41, 5.74) is 2.18. The molecule has 2 aromatic rings. The lowest BCUT2D eigenvalue weighted by atomic mass is 10.1. The minimum atomic E-state index is 0.666. The first kappa shape index (κ1) is 18.4. The highest BCUT2D eigenvalue weighted by Crippen LogP contribution is 2.13. The first-order valence-corrected chi connectivity index (χ1v) is 9.49. The lowest BCUT2D eigenvalue weighted by molar-refractivity contribution is 0.144. The van der Waals surface area contributed by atoms with Crippen molar-refractivity contribution in [2.24, 2.45) is 5.16 Å². The van der Waals surface area contributed by atoms with Gasteiger partial charge in [-0.1, -0.05) is 48.5 Å². The van der Waals surface area contributed by atoms with E-state index in [9.17, 15) is 0 Å². The Labute approximate surface area is 156 Å². The molecule has 0 amide bonds. The summed E-state index contributed by atoms with van der Waals surface area (Å²) >= 11 is 0. The Bertz CT molecular complexity index is 667. The van der Waals surface area contributed by atoms with Gasteiger partial charge < -0.3 is 9.74 Å². The number of oxime groups is 1. The van der Waals surface area contributed by atoms with E-state index in [4.69, 9.17) is 4.84 Å². The van der Waals surface area contributed by atoms with E-state index in [0.29, 0.717) is 6.61 Å². The van der Waals surface area contributed by atoms with Crippen LogP contribution in [0.3, 0.4) is 0 Å². The van der Waals surface area contributed by atoms with Crippen molar-refractivity contribution < 1.29 is 4.84 Å².